The van der Waals surface area contributed by atoms with Crippen molar-refractivity contribution in [2.24, 2.45) is 0 Å². The van der Waals surface area contributed by atoms with Crippen molar-refractivity contribution in [2.45, 2.75) is 12.8 Å². The summed E-state index contributed by atoms with van der Waals surface area (Å²) in [5.74, 6) is -0.656. The van der Waals surface area contributed by atoms with E-state index in [1.807, 2.05) is 0 Å². The van der Waals surface area contributed by atoms with Crippen LogP contribution in [0.2, 0.25) is 5.02 Å². The van der Waals surface area contributed by atoms with Crippen LogP contribution in [-0.4, -0.2) is 34.7 Å². The maximum atomic E-state index is 12.4. The maximum absolute atomic E-state index is 12.4. The second-order valence-corrected chi connectivity index (χ2v) is 6.36. The van der Waals surface area contributed by atoms with Gasteiger partial charge in [0.1, 0.15) is 0 Å². The Labute approximate surface area is 154 Å². The minimum Gasteiger partial charge on any atom is -0.339 e. The SMILES string of the molecule is O=C(Nc1cccc(C(=O)N2CCCC2)c1)c1cc([N+](=O)[O-])ccc1Cl. The highest BCUT2D eigenvalue weighted by Gasteiger charge is 2.20. The van der Waals surface area contributed by atoms with Crippen molar-refractivity contribution in [3.63, 3.8) is 0 Å². The fourth-order valence-electron chi connectivity index (χ4n) is 2.83. The molecule has 1 saturated heterocycles. The average Bonchev–Trinajstić information content (AvgIpc) is 3.16. The molecule has 26 heavy (non-hydrogen) atoms. The Morgan fingerprint density at radius 3 is 2.54 bits per heavy atom. The minimum atomic E-state index is -0.595. The van der Waals surface area contributed by atoms with Gasteiger partial charge in [-0.25, -0.2) is 0 Å². The fourth-order valence-corrected chi connectivity index (χ4v) is 3.04. The topological polar surface area (TPSA) is 92.6 Å². The summed E-state index contributed by atoms with van der Waals surface area (Å²) in [4.78, 5) is 36.9. The summed E-state index contributed by atoms with van der Waals surface area (Å²) < 4.78 is 0. The molecule has 134 valence electrons. The van der Waals surface area contributed by atoms with Crippen LogP contribution in [0.1, 0.15) is 33.6 Å². The van der Waals surface area contributed by atoms with Crippen LogP contribution in [0, 0.1) is 10.1 Å². The number of halogens is 1. The van der Waals surface area contributed by atoms with E-state index in [0.29, 0.717) is 11.3 Å². The molecule has 7 nitrogen and oxygen atoms in total. The number of anilines is 1. The first-order valence-electron chi connectivity index (χ1n) is 8.10. The third-order valence-electron chi connectivity index (χ3n) is 4.17. The zero-order valence-electron chi connectivity index (χ0n) is 13.8. The number of likely N-dealkylation sites (tertiary alicyclic amines) is 1. The molecule has 1 fully saturated rings. The molecule has 8 heteroatoms. The van der Waals surface area contributed by atoms with Gasteiger partial charge in [0.05, 0.1) is 15.5 Å². The van der Waals surface area contributed by atoms with Crippen LogP contribution in [-0.2, 0) is 0 Å². The lowest BCUT2D eigenvalue weighted by molar-refractivity contribution is -0.384. The molecule has 0 bridgehead atoms. The number of carbonyl (C=O) groups excluding carboxylic acids is 2. The number of amides is 2. The lowest BCUT2D eigenvalue weighted by Crippen LogP contribution is -2.27. The van der Waals surface area contributed by atoms with Crippen LogP contribution in [0.3, 0.4) is 0 Å². The number of carbonyl (C=O) groups is 2. The molecule has 2 aromatic carbocycles. The number of nitrogens with zero attached hydrogens (tertiary/aromatic N) is 2. The summed E-state index contributed by atoms with van der Waals surface area (Å²) in [5, 5.41) is 13.6. The number of non-ortho nitro benzene ring substituents is 1. The summed E-state index contributed by atoms with van der Waals surface area (Å²) in [6.07, 6.45) is 1.99. The Kier molecular flexibility index (Phi) is 5.18. The van der Waals surface area contributed by atoms with E-state index in [1.165, 1.54) is 12.1 Å². The van der Waals surface area contributed by atoms with Gasteiger partial charge in [-0.15, -0.1) is 0 Å². The van der Waals surface area contributed by atoms with E-state index in [4.69, 9.17) is 11.6 Å². The van der Waals surface area contributed by atoms with Crippen molar-refractivity contribution in [1.29, 1.82) is 0 Å². The van der Waals surface area contributed by atoms with Crippen LogP contribution in [0.25, 0.3) is 0 Å². The third kappa shape index (κ3) is 3.83. The lowest BCUT2D eigenvalue weighted by atomic mass is 10.1. The number of hydrogen-bond donors (Lipinski definition) is 1. The number of hydrogen-bond acceptors (Lipinski definition) is 4. The molecule has 1 aliphatic heterocycles. The summed E-state index contributed by atoms with van der Waals surface area (Å²) in [7, 11) is 0. The summed E-state index contributed by atoms with van der Waals surface area (Å²) >= 11 is 5.99. The highest BCUT2D eigenvalue weighted by Crippen LogP contribution is 2.24. The van der Waals surface area contributed by atoms with Crippen molar-refractivity contribution in [3.05, 3.63) is 68.7 Å². The van der Waals surface area contributed by atoms with Gasteiger partial charge in [0.15, 0.2) is 0 Å². The van der Waals surface area contributed by atoms with Crippen LogP contribution in [0.4, 0.5) is 11.4 Å². The number of nitro groups is 1. The van der Waals surface area contributed by atoms with E-state index in [0.717, 1.165) is 32.0 Å². The molecular weight excluding hydrogens is 358 g/mol. The molecule has 0 spiro atoms. The number of nitrogens with one attached hydrogen (secondary N) is 1. The zero-order chi connectivity index (χ0) is 18.7. The summed E-state index contributed by atoms with van der Waals surface area (Å²) in [6, 6.07) is 10.3. The number of benzene rings is 2. The average molecular weight is 374 g/mol. The molecule has 0 unspecified atom stereocenters. The van der Waals surface area contributed by atoms with Gasteiger partial charge in [-0.3, -0.25) is 19.7 Å². The molecule has 1 heterocycles. The molecule has 0 aromatic heterocycles. The third-order valence-corrected chi connectivity index (χ3v) is 4.50. The second-order valence-electron chi connectivity index (χ2n) is 5.96. The van der Waals surface area contributed by atoms with Gasteiger partial charge in [-0.2, -0.15) is 0 Å². The monoisotopic (exact) mass is 373 g/mol. The van der Waals surface area contributed by atoms with Gasteiger partial charge in [0.2, 0.25) is 0 Å². The standard InChI is InChI=1S/C18H16ClN3O4/c19-16-7-6-14(22(25)26)11-15(16)17(23)20-13-5-3-4-12(10-13)18(24)21-8-1-2-9-21/h3-7,10-11H,1-2,8-9H2,(H,20,23). The maximum Gasteiger partial charge on any atom is 0.270 e. The Morgan fingerprint density at radius 2 is 1.85 bits per heavy atom. The smallest absolute Gasteiger partial charge is 0.270 e. The fraction of sp³-hybridized carbons (Fsp3) is 0.222. The van der Waals surface area contributed by atoms with Crippen molar-refractivity contribution in [3.8, 4) is 0 Å². The van der Waals surface area contributed by atoms with Crippen LogP contribution < -0.4 is 5.32 Å². The van der Waals surface area contributed by atoms with E-state index in [-0.39, 0.29) is 22.2 Å². The largest absolute Gasteiger partial charge is 0.339 e. The van der Waals surface area contributed by atoms with E-state index in [1.54, 1.807) is 29.2 Å². The quantitative estimate of drug-likeness (QED) is 0.652. The van der Waals surface area contributed by atoms with Gasteiger partial charge in [0, 0.05) is 36.5 Å². The van der Waals surface area contributed by atoms with Crippen molar-refractivity contribution < 1.29 is 14.5 Å². The van der Waals surface area contributed by atoms with E-state index in [9.17, 15) is 19.7 Å². The molecule has 0 saturated carbocycles. The van der Waals surface area contributed by atoms with Crippen molar-refractivity contribution in [2.75, 3.05) is 18.4 Å². The van der Waals surface area contributed by atoms with Gasteiger partial charge >= 0.3 is 0 Å². The Bertz CT molecular complexity index is 878. The van der Waals surface area contributed by atoms with Crippen molar-refractivity contribution >= 4 is 34.8 Å². The molecule has 0 aliphatic carbocycles. The summed E-state index contributed by atoms with van der Waals surface area (Å²) in [5.41, 5.74) is 0.673. The number of rotatable bonds is 4. The molecular formula is C18H16ClN3O4. The van der Waals surface area contributed by atoms with E-state index >= 15 is 0 Å². The predicted octanol–water partition coefficient (Wildman–Crippen LogP) is 3.74. The second kappa shape index (κ2) is 7.53. The lowest BCUT2D eigenvalue weighted by Gasteiger charge is -2.16. The molecule has 2 aromatic rings. The first kappa shape index (κ1) is 17.9. The number of nitro benzene ring substituents is 1. The van der Waals surface area contributed by atoms with E-state index < -0.39 is 10.8 Å². The summed E-state index contributed by atoms with van der Waals surface area (Å²) in [6.45, 7) is 1.47. The molecule has 3 rings (SSSR count). The highest BCUT2D eigenvalue weighted by atomic mass is 35.5. The van der Waals surface area contributed by atoms with Gasteiger partial charge in [0.25, 0.3) is 17.5 Å². The molecule has 0 atom stereocenters. The first-order chi connectivity index (χ1) is 12.5. The molecule has 2 amide bonds. The Hall–Kier alpha value is -2.93. The first-order valence-corrected chi connectivity index (χ1v) is 8.48. The molecule has 1 N–H and O–H groups in total. The predicted molar refractivity (Wildman–Crippen MR) is 97.6 cm³/mol. The van der Waals surface area contributed by atoms with Gasteiger partial charge < -0.3 is 10.2 Å². The molecule has 0 radical (unpaired) electrons. The normalized spacial score (nSPS) is 13.5. The van der Waals surface area contributed by atoms with Gasteiger partial charge in [-0.05, 0) is 37.1 Å². The highest BCUT2D eigenvalue weighted by molar-refractivity contribution is 6.34. The minimum absolute atomic E-state index is 0.00265. The van der Waals surface area contributed by atoms with Crippen molar-refractivity contribution in [1.82, 2.24) is 4.90 Å². The van der Waals surface area contributed by atoms with Crippen LogP contribution in [0.5, 0.6) is 0 Å². The Morgan fingerprint density at radius 1 is 1.12 bits per heavy atom. The zero-order valence-corrected chi connectivity index (χ0v) is 14.5. The van der Waals surface area contributed by atoms with Crippen LogP contribution >= 0.6 is 11.6 Å². The van der Waals surface area contributed by atoms with E-state index in [2.05, 4.69) is 5.32 Å². The van der Waals surface area contributed by atoms with Gasteiger partial charge in [-0.1, -0.05) is 17.7 Å². The molecule has 1 aliphatic rings. The van der Waals surface area contributed by atoms with Crippen LogP contribution in [0.15, 0.2) is 42.5 Å². The Balaban J connectivity index is 1.80.